The molecule has 4 fully saturated rings. The van der Waals surface area contributed by atoms with Crippen LogP contribution in [-0.2, 0) is 9.59 Å². The van der Waals surface area contributed by atoms with E-state index in [0.29, 0.717) is 24.2 Å². The lowest BCUT2D eigenvalue weighted by Gasteiger charge is -2.71. The van der Waals surface area contributed by atoms with E-state index in [1.54, 1.807) is 0 Å². The highest BCUT2D eigenvalue weighted by molar-refractivity contribution is 5.85. The summed E-state index contributed by atoms with van der Waals surface area (Å²) in [4.78, 5) is 25.3. The smallest absolute Gasteiger partial charge is 0.309 e. The zero-order valence-electron chi connectivity index (χ0n) is 22.5. The minimum atomic E-state index is -0.855. The molecule has 0 spiro atoms. The third-order valence-electron chi connectivity index (χ3n) is 13.1. The first kappa shape index (κ1) is 24.5. The van der Waals surface area contributed by atoms with Crippen LogP contribution in [0.25, 0.3) is 0 Å². The van der Waals surface area contributed by atoms with Gasteiger partial charge in [-0.05, 0) is 97.7 Å². The maximum Gasteiger partial charge on any atom is 0.309 e. The van der Waals surface area contributed by atoms with Crippen molar-refractivity contribution >= 4 is 11.8 Å². The number of Topliss-reactive ketones (excluding diaryl/α,β-unsaturated/α-hetero) is 1. The predicted molar refractivity (Wildman–Crippen MR) is 133 cm³/mol. The first-order chi connectivity index (χ1) is 15.6. The molecule has 9 atom stereocenters. The molecule has 2 N–H and O–H groups in total. The Hall–Kier alpha value is -1.16. The summed E-state index contributed by atoms with van der Waals surface area (Å²) in [6.07, 6.45) is 10.1. The number of ketones is 1. The quantitative estimate of drug-likeness (QED) is 0.434. The molecule has 190 valence electrons. The van der Waals surface area contributed by atoms with Crippen molar-refractivity contribution in [2.75, 3.05) is 0 Å². The molecule has 0 aromatic rings. The molecule has 0 radical (unpaired) electrons. The third kappa shape index (κ3) is 2.81. The van der Waals surface area contributed by atoms with Crippen LogP contribution >= 0.6 is 0 Å². The molecule has 5 aliphatic rings. The second-order valence-electron chi connectivity index (χ2n) is 14.9. The largest absolute Gasteiger partial charge is 0.481 e. The molecule has 0 aromatic heterocycles. The van der Waals surface area contributed by atoms with E-state index in [2.05, 4.69) is 47.6 Å². The molecule has 4 heteroatoms. The van der Waals surface area contributed by atoms with Crippen molar-refractivity contribution in [3.63, 3.8) is 0 Å². The van der Waals surface area contributed by atoms with Crippen LogP contribution in [0.1, 0.15) is 106 Å². The maximum atomic E-state index is 13.1. The first-order valence-electron chi connectivity index (χ1n) is 13.7. The molecule has 0 aliphatic heterocycles. The van der Waals surface area contributed by atoms with Crippen LogP contribution in [0.2, 0.25) is 0 Å². The maximum absolute atomic E-state index is 13.1. The molecule has 0 saturated heterocycles. The Morgan fingerprint density at radius 3 is 2.24 bits per heavy atom. The van der Waals surface area contributed by atoms with Gasteiger partial charge >= 0.3 is 5.97 Å². The Morgan fingerprint density at radius 2 is 1.59 bits per heavy atom. The van der Waals surface area contributed by atoms with Gasteiger partial charge in [0.2, 0.25) is 0 Å². The second kappa shape index (κ2) is 6.99. The van der Waals surface area contributed by atoms with Gasteiger partial charge in [0.15, 0.2) is 5.78 Å². The van der Waals surface area contributed by atoms with Gasteiger partial charge in [0.1, 0.15) is 6.10 Å². The Kier molecular flexibility index (Phi) is 5.04. The summed E-state index contributed by atoms with van der Waals surface area (Å²) in [7, 11) is 0. The fourth-order valence-electron chi connectivity index (χ4n) is 10.5. The van der Waals surface area contributed by atoms with Crippen LogP contribution in [0.3, 0.4) is 0 Å². The van der Waals surface area contributed by atoms with Gasteiger partial charge in [-0.2, -0.15) is 0 Å². The van der Waals surface area contributed by atoms with Crippen molar-refractivity contribution in [2.24, 2.45) is 50.2 Å². The number of carboxylic acid groups (broad SMARTS) is 1. The summed E-state index contributed by atoms with van der Waals surface area (Å²) < 4.78 is 0. The molecule has 0 heterocycles. The summed E-state index contributed by atoms with van der Waals surface area (Å²) in [5.74, 6) is 0.450. The number of aliphatic carboxylic acids is 1. The van der Waals surface area contributed by atoms with E-state index in [4.69, 9.17) is 0 Å². The summed E-state index contributed by atoms with van der Waals surface area (Å²) in [6, 6.07) is 0. The van der Waals surface area contributed by atoms with Gasteiger partial charge in [-0.1, -0.05) is 53.2 Å². The Balaban J connectivity index is 1.59. The number of fused-ring (bicyclic) bond motifs is 7. The van der Waals surface area contributed by atoms with Crippen LogP contribution in [0.5, 0.6) is 0 Å². The number of aliphatic hydroxyl groups excluding tert-OH is 1. The van der Waals surface area contributed by atoms with Gasteiger partial charge in [0.25, 0.3) is 0 Å². The number of carbonyl (C=O) groups is 2. The first-order valence-corrected chi connectivity index (χ1v) is 13.7. The average molecular weight is 471 g/mol. The lowest BCUT2D eigenvalue weighted by molar-refractivity contribution is -0.202. The number of allylic oxidation sites excluding steroid dienone is 2. The van der Waals surface area contributed by atoms with Gasteiger partial charge in [0, 0.05) is 11.8 Å². The number of aliphatic hydroxyl groups is 1. The van der Waals surface area contributed by atoms with Crippen LogP contribution in [0.4, 0.5) is 0 Å². The Labute approximate surface area is 206 Å². The molecular formula is C30H46O4. The molecular weight excluding hydrogens is 424 g/mol. The fourth-order valence-corrected chi connectivity index (χ4v) is 10.5. The van der Waals surface area contributed by atoms with Crippen LogP contribution in [0.15, 0.2) is 11.6 Å². The van der Waals surface area contributed by atoms with Gasteiger partial charge in [-0.25, -0.2) is 0 Å². The zero-order chi connectivity index (χ0) is 25.1. The minimum absolute atomic E-state index is 0.0219. The fraction of sp³-hybridized carbons (Fsp3) is 0.867. The standard InChI is InChI=1S/C30H46O4/c1-25(2)21-10-11-30(7)22(28(21,5)17-20(31)23(25)32)9-8-18-19-16-27(4,24(33)34)13-12-26(19,3)14-15-29(18,30)6/h8,19,21-23,32H,9-17H2,1-7H3,(H,33,34)/t19-,21-,22+,23?,26+,27-,28-,29+,30+/m0/s1. The number of carboxylic acids is 1. The van der Waals surface area contributed by atoms with Crippen molar-refractivity contribution < 1.29 is 19.8 Å². The molecule has 0 aromatic carbocycles. The SMILES string of the molecule is CC1(C)C(O)C(=O)C[C@]2(C)[C@H]3CC=C4[C@@H]5C[C@@](C)(C(=O)O)CC[C@]5(C)CC[C@@]4(C)[C@]3(C)CC[C@@H]12. The molecule has 1 unspecified atom stereocenters. The molecule has 0 amide bonds. The third-order valence-corrected chi connectivity index (χ3v) is 13.1. The van der Waals surface area contributed by atoms with E-state index in [-0.39, 0.29) is 27.4 Å². The molecule has 34 heavy (non-hydrogen) atoms. The van der Waals surface area contributed by atoms with Crippen molar-refractivity contribution in [3.05, 3.63) is 11.6 Å². The topological polar surface area (TPSA) is 74.6 Å². The second-order valence-corrected chi connectivity index (χ2v) is 14.9. The van der Waals surface area contributed by atoms with E-state index in [0.717, 1.165) is 51.4 Å². The van der Waals surface area contributed by atoms with E-state index in [9.17, 15) is 19.8 Å². The van der Waals surface area contributed by atoms with Crippen molar-refractivity contribution in [2.45, 2.75) is 112 Å². The van der Waals surface area contributed by atoms with E-state index >= 15 is 0 Å². The number of hydrogen-bond acceptors (Lipinski definition) is 3. The van der Waals surface area contributed by atoms with E-state index in [1.165, 1.54) is 5.57 Å². The zero-order valence-corrected chi connectivity index (χ0v) is 22.5. The van der Waals surface area contributed by atoms with E-state index < -0.39 is 22.9 Å². The number of rotatable bonds is 1. The summed E-state index contributed by atoms with van der Waals surface area (Å²) in [5, 5.41) is 20.9. The highest BCUT2D eigenvalue weighted by Gasteiger charge is 2.69. The summed E-state index contributed by atoms with van der Waals surface area (Å²) >= 11 is 0. The van der Waals surface area contributed by atoms with Gasteiger partial charge < -0.3 is 10.2 Å². The van der Waals surface area contributed by atoms with Crippen LogP contribution in [0, 0.1) is 50.2 Å². The average Bonchev–Trinajstić information content (AvgIpc) is 2.74. The van der Waals surface area contributed by atoms with Gasteiger partial charge in [-0.3, -0.25) is 9.59 Å². The lowest BCUT2D eigenvalue weighted by Crippen LogP contribution is -2.66. The molecule has 0 bridgehead atoms. The van der Waals surface area contributed by atoms with Crippen LogP contribution in [-0.4, -0.2) is 28.1 Å². The highest BCUT2D eigenvalue weighted by atomic mass is 16.4. The molecule has 5 aliphatic carbocycles. The normalized spacial score (nSPS) is 54.1. The van der Waals surface area contributed by atoms with E-state index in [1.807, 2.05) is 6.92 Å². The summed E-state index contributed by atoms with van der Waals surface area (Å²) in [6.45, 7) is 15.9. The Morgan fingerprint density at radius 1 is 0.941 bits per heavy atom. The predicted octanol–water partition coefficient (Wildman–Crippen LogP) is 6.41. The number of hydrogen-bond donors (Lipinski definition) is 2. The van der Waals surface area contributed by atoms with Crippen molar-refractivity contribution in [1.82, 2.24) is 0 Å². The lowest BCUT2D eigenvalue weighted by atomic mass is 9.33. The number of carbonyl (C=O) groups excluding carboxylic acids is 1. The Bertz CT molecular complexity index is 965. The molecule has 4 nitrogen and oxygen atoms in total. The minimum Gasteiger partial charge on any atom is -0.481 e. The van der Waals surface area contributed by atoms with Gasteiger partial charge in [0.05, 0.1) is 5.41 Å². The summed E-state index contributed by atoms with van der Waals surface area (Å²) in [5.41, 5.74) is 0.705. The highest BCUT2D eigenvalue weighted by Crippen LogP contribution is 2.75. The van der Waals surface area contributed by atoms with Crippen molar-refractivity contribution in [1.29, 1.82) is 0 Å². The van der Waals surface area contributed by atoms with Gasteiger partial charge in [-0.15, -0.1) is 0 Å². The monoisotopic (exact) mass is 470 g/mol. The van der Waals surface area contributed by atoms with Crippen LogP contribution < -0.4 is 0 Å². The van der Waals surface area contributed by atoms with Crippen molar-refractivity contribution in [3.8, 4) is 0 Å². The molecule has 4 saturated carbocycles. The molecule has 5 rings (SSSR count).